The van der Waals surface area contributed by atoms with Crippen molar-refractivity contribution in [3.05, 3.63) is 18.3 Å². The largest absolute Gasteiger partial charge is 0.487 e. The number of aromatic nitrogens is 1. The maximum Gasteiger partial charge on any atom is 0.171 e. The summed E-state index contributed by atoms with van der Waals surface area (Å²) in [6.07, 6.45) is 2.86. The second kappa shape index (κ2) is 6.70. The quantitative estimate of drug-likeness (QED) is 0.730. The van der Waals surface area contributed by atoms with Crippen LogP contribution in [0.5, 0.6) is 5.75 Å². The molecule has 4 heteroatoms. The minimum absolute atomic E-state index is 0.151. The highest BCUT2D eigenvalue weighted by molar-refractivity contribution is 6.20. The van der Waals surface area contributed by atoms with E-state index in [2.05, 4.69) is 9.88 Å². The van der Waals surface area contributed by atoms with Crippen LogP contribution >= 0.6 is 11.6 Å². The summed E-state index contributed by atoms with van der Waals surface area (Å²) in [5.41, 5.74) is 0. The second-order valence-electron chi connectivity index (χ2n) is 4.48. The molecular formula is C13H21ClN2O. The highest BCUT2D eigenvalue weighted by Crippen LogP contribution is 2.25. The molecule has 0 aromatic carbocycles. The molecule has 0 fully saturated rings. The normalized spacial score (nSPS) is 12.6. The first-order valence-electron chi connectivity index (χ1n) is 5.97. The summed E-state index contributed by atoms with van der Waals surface area (Å²) in [6, 6.07) is 3.84. The Balaban J connectivity index is 2.74. The molecule has 0 bridgehead atoms. The van der Waals surface area contributed by atoms with Crippen molar-refractivity contribution in [1.29, 1.82) is 0 Å². The third kappa shape index (κ3) is 4.82. The molecule has 1 aromatic rings. The highest BCUT2D eigenvalue weighted by Gasteiger charge is 2.11. The van der Waals surface area contributed by atoms with Gasteiger partial charge < -0.3 is 9.64 Å². The van der Waals surface area contributed by atoms with Gasteiger partial charge in [-0.2, -0.15) is 0 Å². The molecule has 0 aliphatic heterocycles. The van der Waals surface area contributed by atoms with Gasteiger partial charge in [0.05, 0.1) is 6.10 Å². The number of nitrogens with zero attached hydrogens (tertiary/aromatic N) is 2. The molecule has 1 rings (SSSR count). The molecule has 0 saturated heterocycles. The van der Waals surface area contributed by atoms with Gasteiger partial charge >= 0.3 is 0 Å². The third-order valence-electron chi connectivity index (χ3n) is 2.34. The molecule has 1 unspecified atom stereocenters. The van der Waals surface area contributed by atoms with Crippen molar-refractivity contribution >= 4 is 17.4 Å². The van der Waals surface area contributed by atoms with E-state index in [1.54, 1.807) is 6.20 Å². The fraction of sp³-hybridized carbons (Fsp3) is 0.615. The summed E-state index contributed by atoms with van der Waals surface area (Å²) >= 11 is 5.96. The topological polar surface area (TPSA) is 25.4 Å². The van der Waals surface area contributed by atoms with Crippen LogP contribution in [0.2, 0.25) is 0 Å². The van der Waals surface area contributed by atoms with Crippen LogP contribution in [0.25, 0.3) is 0 Å². The first-order valence-corrected chi connectivity index (χ1v) is 6.41. The van der Waals surface area contributed by atoms with Crippen molar-refractivity contribution in [3.63, 3.8) is 0 Å². The number of alkyl halides is 1. The summed E-state index contributed by atoms with van der Waals surface area (Å²) in [7, 11) is 2.01. The monoisotopic (exact) mass is 256 g/mol. The molecule has 1 atom stereocenters. The van der Waals surface area contributed by atoms with Crippen molar-refractivity contribution in [3.8, 4) is 5.75 Å². The van der Waals surface area contributed by atoms with Crippen LogP contribution in [-0.2, 0) is 0 Å². The maximum atomic E-state index is 5.96. The zero-order valence-electron chi connectivity index (χ0n) is 11.0. The number of anilines is 1. The van der Waals surface area contributed by atoms with Gasteiger partial charge in [0, 0.05) is 25.2 Å². The lowest BCUT2D eigenvalue weighted by Crippen LogP contribution is -2.23. The Hall–Kier alpha value is -0.960. The molecule has 0 N–H and O–H groups in total. The molecule has 3 nitrogen and oxygen atoms in total. The van der Waals surface area contributed by atoms with Crippen molar-refractivity contribution in [1.82, 2.24) is 4.98 Å². The fourth-order valence-electron chi connectivity index (χ4n) is 1.49. The van der Waals surface area contributed by atoms with E-state index >= 15 is 0 Å². The van der Waals surface area contributed by atoms with E-state index in [1.165, 1.54) is 0 Å². The lowest BCUT2D eigenvalue weighted by Gasteiger charge is -2.22. The van der Waals surface area contributed by atoms with Crippen molar-refractivity contribution in [2.24, 2.45) is 0 Å². The van der Waals surface area contributed by atoms with E-state index in [1.807, 2.05) is 40.0 Å². The van der Waals surface area contributed by atoms with Gasteiger partial charge in [-0.25, -0.2) is 4.98 Å². The summed E-state index contributed by atoms with van der Waals surface area (Å²) < 4.78 is 5.74. The highest BCUT2D eigenvalue weighted by atomic mass is 35.5. The first-order chi connectivity index (χ1) is 8.00. The number of ether oxygens (including phenoxy) is 1. The number of halogens is 1. The fourth-order valence-corrected chi connectivity index (χ4v) is 1.59. The van der Waals surface area contributed by atoms with Crippen molar-refractivity contribution < 1.29 is 4.74 Å². The Labute approximate surface area is 109 Å². The molecular weight excluding hydrogens is 236 g/mol. The van der Waals surface area contributed by atoms with E-state index in [0.717, 1.165) is 24.5 Å². The molecule has 17 heavy (non-hydrogen) atoms. The summed E-state index contributed by atoms with van der Waals surface area (Å²) in [5.74, 6) is 1.70. The number of hydrogen-bond donors (Lipinski definition) is 0. The second-order valence-corrected chi connectivity index (χ2v) is 5.23. The van der Waals surface area contributed by atoms with E-state index < -0.39 is 0 Å². The van der Waals surface area contributed by atoms with Crippen LogP contribution in [0.4, 0.5) is 5.82 Å². The Morgan fingerprint density at radius 2 is 2.12 bits per heavy atom. The summed E-state index contributed by atoms with van der Waals surface area (Å²) in [5, 5.41) is 0.177. The molecule has 0 radical (unpaired) electrons. The lowest BCUT2D eigenvalue weighted by atomic mass is 10.3. The van der Waals surface area contributed by atoms with Gasteiger partial charge in [0.15, 0.2) is 11.6 Å². The smallest absolute Gasteiger partial charge is 0.171 e. The van der Waals surface area contributed by atoms with E-state index in [0.29, 0.717) is 0 Å². The van der Waals surface area contributed by atoms with E-state index in [-0.39, 0.29) is 11.5 Å². The van der Waals surface area contributed by atoms with Gasteiger partial charge in [0.1, 0.15) is 0 Å². The summed E-state index contributed by atoms with van der Waals surface area (Å²) in [6.45, 7) is 6.89. The van der Waals surface area contributed by atoms with Gasteiger partial charge in [-0.3, -0.25) is 0 Å². The summed E-state index contributed by atoms with van der Waals surface area (Å²) in [4.78, 5) is 6.45. The Bertz CT molecular complexity index is 342. The van der Waals surface area contributed by atoms with E-state index in [9.17, 15) is 0 Å². The van der Waals surface area contributed by atoms with Gasteiger partial charge in [-0.1, -0.05) is 0 Å². The van der Waals surface area contributed by atoms with Crippen molar-refractivity contribution in [2.75, 3.05) is 18.5 Å². The molecule has 0 amide bonds. The predicted molar refractivity (Wildman–Crippen MR) is 73.2 cm³/mol. The third-order valence-corrected chi connectivity index (χ3v) is 2.56. The zero-order valence-corrected chi connectivity index (χ0v) is 11.7. The molecule has 96 valence electrons. The molecule has 1 heterocycles. The van der Waals surface area contributed by atoms with Crippen LogP contribution in [0.3, 0.4) is 0 Å². The number of pyridine rings is 1. The van der Waals surface area contributed by atoms with Crippen LogP contribution in [0.15, 0.2) is 18.3 Å². The first kappa shape index (κ1) is 14.1. The van der Waals surface area contributed by atoms with E-state index in [4.69, 9.17) is 16.3 Å². The number of rotatable bonds is 6. The Kier molecular flexibility index (Phi) is 5.56. The minimum Gasteiger partial charge on any atom is -0.487 e. The molecule has 0 saturated carbocycles. The average molecular weight is 257 g/mol. The van der Waals surface area contributed by atoms with Crippen LogP contribution in [0.1, 0.15) is 27.2 Å². The lowest BCUT2D eigenvalue weighted by molar-refractivity contribution is 0.242. The molecule has 0 aliphatic rings. The van der Waals surface area contributed by atoms with Gasteiger partial charge in [-0.15, -0.1) is 11.6 Å². The van der Waals surface area contributed by atoms with Crippen LogP contribution in [0, 0.1) is 0 Å². The van der Waals surface area contributed by atoms with Crippen molar-refractivity contribution in [2.45, 2.75) is 38.7 Å². The Morgan fingerprint density at radius 3 is 2.71 bits per heavy atom. The molecule has 1 aromatic heterocycles. The van der Waals surface area contributed by atoms with Crippen LogP contribution < -0.4 is 9.64 Å². The van der Waals surface area contributed by atoms with Crippen LogP contribution in [-0.4, -0.2) is 30.1 Å². The predicted octanol–water partition coefficient (Wildman–Crippen LogP) is 3.32. The minimum atomic E-state index is 0.151. The maximum absolute atomic E-state index is 5.96. The van der Waals surface area contributed by atoms with Gasteiger partial charge in [-0.05, 0) is 39.3 Å². The Morgan fingerprint density at radius 1 is 1.41 bits per heavy atom. The number of hydrogen-bond acceptors (Lipinski definition) is 3. The molecule has 0 spiro atoms. The molecule has 0 aliphatic carbocycles. The average Bonchev–Trinajstić information content (AvgIpc) is 2.25. The standard InChI is InChI=1S/C13H21ClN2O/c1-10(2)17-12-6-5-8-15-13(12)16(4)9-7-11(3)14/h5-6,8,10-11H,7,9H2,1-4H3. The SMILES string of the molecule is CC(Cl)CCN(C)c1ncccc1OC(C)C. The van der Waals surface area contributed by atoms with Gasteiger partial charge in [0.25, 0.3) is 0 Å². The van der Waals surface area contributed by atoms with Gasteiger partial charge in [0.2, 0.25) is 0 Å². The zero-order chi connectivity index (χ0) is 12.8.